The number of ether oxygens (including phenoxy) is 6. The molecule has 2 aromatic rings. The Balaban J connectivity index is 1.62. The molecule has 0 saturated carbocycles. The van der Waals surface area contributed by atoms with Crippen molar-refractivity contribution in [2.45, 2.75) is 44.2 Å². The second-order valence-electron chi connectivity index (χ2n) is 7.67. The summed E-state index contributed by atoms with van der Waals surface area (Å²) in [5, 5.41) is 14.2. The van der Waals surface area contributed by atoms with E-state index in [2.05, 4.69) is 16.2 Å². The fraction of sp³-hybridized carbons (Fsp3) is 0.579. The number of fused-ring (bicyclic) bond motifs is 2. The third-order valence-corrected chi connectivity index (χ3v) is 5.04. The first kappa shape index (κ1) is 21.3. The Morgan fingerprint density at radius 3 is 2.90 bits per heavy atom. The van der Waals surface area contributed by atoms with E-state index in [4.69, 9.17) is 34.2 Å². The van der Waals surface area contributed by atoms with E-state index in [9.17, 15) is 10.1 Å². The fourth-order valence-corrected chi connectivity index (χ4v) is 3.60. The zero-order valence-electron chi connectivity index (χ0n) is 17.3. The van der Waals surface area contributed by atoms with Gasteiger partial charge in [-0.25, -0.2) is 14.3 Å². The molecule has 2 N–H and O–H groups in total. The van der Waals surface area contributed by atoms with Crippen LogP contribution < -0.4 is 5.73 Å². The molecule has 4 rings (SSSR count). The molecule has 0 radical (unpaired) electrons. The predicted molar refractivity (Wildman–Crippen MR) is 102 cm³/mol. The summed E-state index contributed by atoms with van der Waals surface area (Å²) in [7, 11) is 1.41. The molecule has 166 valence electrons. The molecule has 5 atom stereocenters. The van der Waals surface area contributed by atoms with Crippen LogP contribution >= 0.6 is 0 Å². The van der Waals surface area contributed by atoms with Crippen molar-refractivity contribution in [3.8, 4) is 6.07 Å². The van der Waals surface area contributed by atoms with Crippen molar-refractivity contribution in [2.24, 2.45) is 5.92 Å². The SMILES string of the molecule is CO[C@@H]1O[C@H]2[C@H](c3ccc4c(N)ncnn34)O[C@](C#N)(COC(=O)OCC(C)C)[C@H]2O1. The normalized spacial score (nSPS) is 29.8. The van der Waals surface area contributed by atoms with Crippen molar-refractivity contribution in [1.82, 2.24) is 14.6 Å². The van der Waals surface area contributed by atoms with E-state index in [-0.39, 0.29) is 18.3 Å². The number of methoxy groups -OCH3 is 1. The maximum atomic E-state index is 12.0. The van der Waals surface area contributed by atoms with Crippen molar-refractivity contribution < 1.29 is 33.2 Å². The topological polar surface area (TPSA) is 152 Å². The van der Waals surface area contributed by atoms with Gasteiger partial charge in [0.15, 0.2) is 5.82 Å². The first-order valence-corrected chi connectivity index (χ1v) is 9.69. The van der Waals surface area contributed by atoms with Crippen LogP contribution in [0.25, 0.3) is 5.52 Å². The number of nitriles is 1. The molecule has 0 amide bonds. The van der Waals surface area contributed by atoms with Gasteiger partial charge in [0.25, 0.3) is 6.48 Å². The zero-order valence-corrected chi connectivity index (χ0v) is 17.3. The van der Waals surface area contributed by atoms with E-state index >= 15 is 0 Å². The Morgan fingerprint density at radius 2 is 2.19 bits per heavy atom. The van der Waals surface area contributed by atoms with Gasteiger partial charge in [-0.1, -0.05) is 13.8 Å². The molecule has 0 spiro atoms. The van der Waals surface area contributed by atoms with Crippen LogP contribution in [0.4, 0.5) is 10.6 Å². The Hall–Kier alpha value is -2.98. The van der Waals surface area contributed by atoms with Crippen LogP contribution in [0.5, 0.6) is 0 Å². The Morgan fingerprint density at radius 1 is 1.39 bits per heavy atom. The van der Waals surface area contributed by atoms with Crippen LogP contribution in [-0.2, 0) is 28.4 Å². The molecule has 2 fully saturated rings. The molecule has 2 saturated heterocycles. The van der Waals surface area contributed by atoms with Crippen LogP contribution in [0.1, 0.15) is 25.6 Å². The number of anilines is 1. The molecule has 12 nitrogen and oxygen atoms in total. The minimum absolute atomic E-state index is 0.139. The standard InChI is InChI=1S/C19H23N5O7/c1-10(2)6-27-17(25)28-8-19(7-20)15-14(29-18(26-3)30-15)13(31-19)11-4-5-12-16(21)22-9-23-24(11)12/h4-5,9-10,13-15,18H,6,8H2,1-3H3,(H2,21,22,23)/t13-,14-,15-,18+,19+/m0/s1. The van der Waals surface area contributed by atoms with E-state index in [1.807, 2.05) is 13.8 Å². The summed E-state index contributed by atoms with van der Waals surface area (Å²) < 4.78 is 34.6. The van der Waals surface area contributed by atoms with E-state index in [0.29, 0.717) is 11.2 Å². The summed E-state index contributed by atoms with van der Waals surface area (Å²) >= 11 is 0. The Labute approximate surface area is 177 Å². The first-order chi connectivity index (χ1) is 14.9. The number of rotatable bonds is 6. The minimum atomic E-state index is -1.65. The first-order valence-electron chi connectivity index (χ1n) is 9.69. The van der Waals surface area contributed by atoms with Crippen molar-refractivity contribution in [3.63, 3.8) is 0 Å². The highest BCUT2D eigenvalue weighted by Crippen LogP contribution is 2.47. The monoisotopic (exact) mass is 433 g/mol. The summed E-state index contributed by atoms with van der Waals surface area (Å²) in [6.07, 6.45) is -1.99. The summed E-state index contributed by atoms with van der Waals surface area (Å²) in [5.74, 6) is 0.428. The van der Waals surface area contributed by atoms with Crippen LogP contribution in [0.15, 0.2) is 18.5 Å². The van der Waals surface area contributed by atoms with Crippen molar-refractivity contribution in [3.05, 3.63) is 24.2 Å². The average molecular weight is 433 g/mol. The summed E-state index contributed by atoms with van der Waals surface area (Å²) in [5.41, 5.74) is 5.41. The third-order valence-electron chi connectivity index (χ3n) is 5.04. The second-order valence-corrected chi connectivity index (χ2v) is 7.67. The van der Waals surface area contributed by atoms with Crippen LogP contribution in [-0.4, -0.2) is 65.4 Å². The maximum absolute atomic E-state index is 12.0. The van der Waals surface area contributed by atoms with E-state index in [0.717, 1.165) is 0 Å². The van der Waals surface area contributed by atoms with Gasteiger partial charge in [0, 0.05) is 7.11 Å². The lowest BCUT2D eigenvalue weighted by atomic mass is 9.96. The Bertz CT molecular complexity index is 1010. The number of aromatic nitrogens is 3. The average Bonchev–Trinajstić information content (AvgIpc) is 3.44. The van der Waals surface area contributed by atoms with Gasteiger partial charge in [-0.3, -0.25) is 0 Å². The summed E-state index contributed by atoms with van der Waals surface area (Å²) in [6.45, 7) is 2.56. The molecule has 4 heterocycles. The maximum Gasteiger partial charge on any atom is 0.508 e. The van der Waals surface area contributed by atoms with Gasteiger partial charge < -0.3 is 34.2 Å². The largest absolute Gasteiger partial charge is 0.508 e. The summed E-state index contributed by atoms with van der Waals surface area (Å²) in [6, 6.07) is 5.56. The van der Waals surface area contributed by atoms with Crippen molar-refractivity contribution in [1.29, 1.82) is 5.26 Å². The molecule has 31 heavy (non-hydrogen) atoms. The molecule has 12 heteroatoms. The Kier molecular flexibility index (Phi) is 5.67. The summed E-state index contributed by atoms with van der Waals surface area (Å²) in [4.78, 5) is 15.9. The number of carbonyl (C=O) groups excluding carboxylic acids is 1. The zero-order chi connectivity index (χ0) is 22.2. The molecule has 0 bridgehead atoms. The molecule has 2 aromatic heterocycles. The van der Waals surface area contributed by atoms with Gasteiger partial charge in [-0.05, 0) is 18.1 Å². The number of carbonyl (C=O) groups is 1. The van der Waals surface area contributed by atoms with Crippen LogP contribution in [0.2, 0.25) is 0 Å². The van der Waals surface area contributed by atoms with Gasteiger partial charge in [0.1, 0.15) is 42.8 Å². The lowest BCUT2D eigenvalue weighted by molar-refractivity contribution is -0.259. The molecular formula is C19H23N5O7. The number of nitrogens with zero attached hydrogens (tertiary/aromatic N) is 4. The predicted octanol–water partition coefficient (Wildman–Crippen LogP) is 1.17. The van der Waals surface area contributed by atoms with Gasteiger partial charge in [0.2, 0.25) is 5.60 Å². The fourth-order valence-electron chi connectivity index (χ4n) is 3.60. The highest BCUT2D eigenvalue weighted by Gasteiger charge is 2.63. The highest BCUT2D eigenvalue weighted by molar-refractivity contribution is 5.65. The molecule has 2 aliphatic rings. The number of nitrogens with two attached hydrogens (primary N) is 1. The van der Waals surface area contributed by atoms with Crippen LogP contribution in [0.3, 0.4) is 0 Å². The minimum Gasteiger partial charge on any atom is -0.434 e. The molecule has 0 aromatic carbocycles. The molecule has 0 unspecified atom stereocenters. The quantitative estimate of drug-likeness (QED) is 0.653. The highest BCUT2D eigenvalue weighted by atomic mass is 16.9. The molecule has 2 aliphatic heterocycles. The third kappa shape index (κ3) is 3.77. The van der Waals surface area contributed by atoms with Gasteiger partial charge in [-0.2, -0.15) is 10.4 Å². The smallest absolute Gasteiger partial charge is 0.434 e. The number of nitrogen functional groups attached to an aromatic ring is 1. The number of hydrogen-bond donors (Lipinski definition) is 1. The number of hydrogen-bond acceptors (Lipinski definition) is 11. The van der Waals surface area contributed by atoms with Gasteiger partial charge in [-0.15, -0.1) is 0 Å². The van der Waals surface area contributed by atoms with Crippen LogP contribution in [0, 0.1) is 17.2 Å². The lowest BCUT2D eigenvalue weighted by Crippen LogP contribution is -2.46. The van der Waals surface area contributed by atoms with Gasteiger partial charge >= 0.3 is 6.16 Å². The van der Waals surface area contributed by atoms with Gasteiger partial charge in [0.05, 0.1) is 12.3 Å². The van der Waals surface area contributed by atoms with E-state index in [1.54, 1.807) is 16.6 Å². The lowest BCUT2D eigenvalue weighted by Gasteiger charge is -2.26. The van der Waals surface area contributed by atoms with Crippen molar-refractivity contribution >= 4 is 17.5 Å². The molecule has 0 aliphatic carbocycles. The second kappa shape index (κ2) is 8.27. The van der Waals surface area contributed by atoms with E-state index < -0.39 is 43.2 Å². The van der Waals surface area contributed by atoms with E-state index in [1.165, 1.54) is 13.4 Å². The molecular weight excluding hydrogens is 410 g/mol. The van der Waals surface area contributed by atoms with Crippen molar-refractivity contribution in [2.75, 3.05) is 26.1 Å².